The molecule has 1 aliphatic rings. The summed E-state index contributed by atoms with van der Waals surface area (Å²) >= 11 is 1.45. The number of carbonyl (C=O) groups excluding carboxylic acids is 1. The van der Waals surface area contributed by atoms with E-state index < -0.39 is 0 Å². The van der Waals surface area contributed by atoms with Crippen molar-refractivity contribution in [1.29, 1.82) is 0 Å². The molecule has 0 atom stereocenters. The van der Waals surface area contributed by atoms with Gasteiger partial charge in [0.15, 0.2) is 0 Å². The zero-order chi connectivity index (χ0) is 14.6. The fourth-order valence-electron chi connectivity index (χ4n) is 3.31. The Balaban J connectivity index is 1.93. The molecule has 5 heteroatoms. The zero-order valence-corrected chi connectivity index (χ0v) is 13.3. The zero-order valence-electron chi connectivity index (χ0n) is 12.4. The first kappa shape index (κ1) is 15.4. The van der Waals surface area contributed by atoms with Crippen molar-refractivity contribution in [2.75, 3.05) is 6.54 Å². The van der Waals surface area contributed by atoms with Gasteiger partial charge in [-0.15, -0.1) is 11.3 Å². The molecule has 0 radical (unpaired) electrons. The number of amides is 1. The molecule has 1 aromatic rings. The fraction of sp³-hybridized carbons (Fsp3) is 0.733. The predicted molar refractivity (Wildman–Crippen MR) is 82.7 cm³/mol. The number of rotatable bonds is 6. The summed E-state index contributed by atoms with van der Waals surface area (Å²) in [6, 6.07) is 0. The van der Waals surface area contributed by atoms with Crippen molar-refractivity contribution >= 4 is 17.2 Å². The summed E-state index contributed by atoms with van der Waals surface area (Å²) in [7, 11) is 0. The summed E-state index contributed by atoms with van der Waals surface area (Å²) in [6.07, 6.45) is 6.23. The molecule has 1 amide bonds. The van der Waals surface area contributed by atoms with Crippen LogP contribution < -0.4 is 11.1 Å². The number of thiazole rings is 1. The van der Waals surface area contributed by atoms with Crippen molar-refractivity contribution in [3.63, 3.8) is 0 Å². The van der Waals surface area contributed by atoms with Crippen LogP contribution in [0.25, 0.3) is 0 Å². The van der Waals surface area contributed by atoms with E-state index in [9.17, 15) is 4.79 Å². The Morgan fingerprint density at radius 3 is 2.75 bits per heavy atom. The summed E-state index contributed by atoms with van der Waals surface area (Å²) in [6.45, 7) is 5.69. The number of nitrogens with zero attached hydrogens (tertiary/aromatic N) is 1. The van der Waals surface area contributed by atoms with Crippen LogP contribution in [0, 0.1) is 11.3 Å². The lowest BCUT2D eigenvalue weighted by molar-refractivity contribution is 0.0917. The van der Waals surface area contributed by atoms with Gasteiger partial charge in [0.25, 0.3) is 5.91 Å². The summed E-state index contributed by atoms with van der Waals surface area (Å²) in [5.74, 6) is 0.615. The van der Waals surface area contributed by atoms with Crippen molar-refractivity contribution in [1.82, 2.24) is 10.3 Å². The van der Waals surface area contributed by atoms with Crippen molar-refractivity contribution < 1.29 is 4.79 Å². The Hall–Kier alpha value is -0.940. The lowest BCUT2D eigenvalue weighted by atomic mass is 9.78. The van der Waals surface area contributed by atoms with E-state index in [0.29, 0.717) is 23.6 Å². The van der Waals surface area contributed by atoms with E-state index in [1.54, 1.807) is 5.38 Å². The largest absolute Gasteiger partial charge is 0.350 e. The molecular weight excluding hydrogens is 270 g/mol. The van der Waals surface area contributed by atoms with Gasteiger partial charge >= 0.3 is 0 Å². The minimum Gasteiger partial charge on any atom is -0.350 e. The van der Waals surface area contributed by atoms with Crippen LogP contribution in [0.15, 0.2) is 5.38 Å². The molecule has 112 valence electrons. The first-order valence-electron chi connectivity index (χ1n) is 7.47. The molecule has 4 nitrogen and oxygen atoms in total. The molecule has 1 fully saturated rings. The van der Waals surface area contributed by atoms with E-state index in [1.165, 1.54) is 43.4 Å². The second kappa shape index (κ2) is 6.68. The third-order valence-corrected chi connectivity index (χ3v) is 4.96. The molecule has 20 heavy (non-hydrogen) atoms. The molecule has 0 unspecified atom stereocenters. The van der Waals surface area contributed by atoms with Gasteiger partial charge in [0, 0.05) is 18.5 Å². The van der Waals surface area contributed by atoms with Gasteiger partial charge in [-0.25, -0.2) is 4.98 Å². The average Bonchev–Trinajstić information content (AvgIpc) is 3.04. The van der Waals surface area contributed by atoms with Crippen molar-refractivity contribution in [3.05, 3.63) is 16.1 Å². The fourth-order valence-corrected chi connectivity index (χ4v) is 3.97. The normalized spacial score (nSPS) is 17.6. The molecule has 0 aliphatic heterocycles. The minimum atomic E-state index is -0.0593. The van der Waals surface area contributed by atoms with Gasteiger partial charge < -0.3 is 11.1 Å². The molecule has 3 N–H and O–H groups in total. The highest BCUT2D eigenvalue weighted by Gasteiger charge is 2.34. The standard InChI is InChI=1S/C15H25N3OS/c1-11(2)7-15(5-3-4-6-15)10-17-14(19)12-9-20-13(8-16)18-12/h9,11H,3-8,10,16H2,1-2H3,(H,17,19). The molecule has 0 spiro atoms. The van der Waals surface area contributed by atoms with Gasteiger partial charge in [-0.1, -0.05) is 26.7 Å². The van der Waals surface area contributed by atoms with Crippen LogP contribution in [-0.4, -0.2) is 17.4 Å². The average molecular weight is 295 g/mol. The minimum absolute atomic E-state index is 0.0593. The Morgan fingerprint density at radius 1 is 1.50 bits per heavy atom. The summed E-state index contributed by atoms with van der Waals surface area (Å²) < 4.78 is 0. The number of aromatic nitrogens is 1. The lowest BCUT2D eigenvalue weighted by Gasteiger charge is -2.31. The molecule has 0 saturated heterocycles. The summed E-state index contributed by atoms with van der Waals surface area (Å²) in [5.41, 5.74) is 6.34. The summed E-state index contributed by atoms with van der Waals surface area (Å²) in [4.78, 5) is 16.4. The van der Waals surface area contributed by atoms with Crippen LogP contribution in [0.4, 0.5) is 0 Å². The SMILES string of the molecule is CC(C)CC1(CNC(=O)c2csc(CN)n2)CCCC1. The van der Waals surface area contributed by atoms with E-state index >= 15 is 0 Å². The lowest BCUT2D eigenvalue weighted by Crippen LogP contribution is -2.37. The predicted octanol–water partition coefficient (Wildman–Crippen LogP) is 2.94. The molecular formula is C15H25N3OS. The second-order valence-corrected chi connectivity index (χ2v) is 7.26. The summed E-state index contributed by atoms with van der Waals surface area (Å²) in [5, 5.41) is 5.69. The molecule has 1 heterocycles. The number of nitrogens with two attached hydrogens (primary N) is 1. The van der Waals surface area contributed by atoms with E-state index in [1.807, 2.05) is 0 Å². The highest BCUT2D eigenvalue weighted by molar-refractivity contribution is 7.09. The van der Waals surface area contributed by atoms with E-state index in [4.69, 9.17) is 5.73 Å². The maximum atomic E-state index is 12.2. The Labute approximate surface area is 125 Å². The molecule has 1 aromatic heterocycles. The van der Waals surface area contributed by atoms with Gasteiger partial charge in [0.1, 0.15) is 10.7 Å². The van der Waals surface area contributed by atoms with Crippen LogP contribution in [0.3, 0.4) is 0 Å². The highest BCUT2D eigenvalue weighted by Crippen LogP contribution is 2.42. The first-order valence-corrected chi connectivity index (χ1v) is 8.35. The third kappa shape index (κ3) is 3.79. The topological polar surface area (TPSA) is 68.0 Å². The van der Waals surface area contributed by atoms with Gasteiger partial charge in [0.2, 0.25) is 0 Å². The molecule has 0 bridgehead atoms. The molecule has 2 rings (SSSR count). The van der Waals surface area contributed by atoms with Crippen molar-refractivity contribution in [2.24, 2.45) is 17.1 Å². The Bertz CT molecular complexity index is 450. The molecule has 0 aromatic carbocycles. The van der Waals surface area contributed by atoms with Crippen LogP contribution >= 0.6 is 11.3 Å². The monoisotopic (exact) mass is 295 g/mol. The highest BCUT2D eigenvalue weighted by atomic mass is 32.1. The van der Waals surface area contributed by atoms with E-state index in [2.05, 4.69) is 24.1 Å². The van der Waals surface area contributed by atoms with Crippen LogP contribution in [0.5, 0.6) is 0 Å². The second-order valence-electron chi connectivity index (χ2n) is 6.32. The molecule has 1 saturated carbocycles. The Kier molecular flexibility index (Phi) is 5.16. The number of hydrogen-bond donors (Lipinski definition) is 2. The maximum Gasteiger partial charge on any atom is 0.270 e. The van der Waals surface area contributed by atoms with Gasteiger partial charge in [-0.2, -0.15) is 0 Å². The van der Waals surface area contributed by atoms with Crippen LogP contribution in [-0.2, 0) is 6.54 Å². The molecule has 1 aliphatic carbocycles. The van der Waals surface area contributed by atoms with Crippen LogP contribution in [0.2, 0.25) is 0 Å². The number of carbonyl (C=O) groups is 1. The quantitative estimate of drug-likeness (QED) is 0.848. The van der Waals surface area contributed by atoms with Crippen LogP contribution in [0.1, 0.15) is 61.4 Å². The van der Waals surface area contributed by atoms with Crippen molar-refractivity contribution in [2.45, 2.75) is 52.5 Å². The van der Waals surface area contributed by atoms with Gasteiger partial charge in [-0.3, -0.25) is 4.79 Å². The Morgan fingerprint density at radius 2 is 2.20 bits per heavy atom. The first-order chi connectivity index (χ1) is 9.54. The smallest absolute Gasteiger partial charge is 0.270 e. The van der Waals surface area contributed by atoms with Gasteiger partial charge in [-0.05, 0) is 30.6 Å². The van der Waals surface area contributed by atoms with Crippen molar-refractivity contribution in [3.8, 4) is 0 Å². The van der Waals surface area contributed by atoms with E-state index in [-0.39, 0.29) is 5.91 Å². The maximum absolute atomic E-state index is 12.2. The van der Waals surface area contributed by atoms with E-state index in [0.717, 1.165) is 11.6 Å². The number of hydrogen-bond acceptors (Lipinski definition) is 4. The van der Waals surface area contributed by atoms with Gasteiger partial charge in [0.05, 0.1) is 0 Å². The third-order valence-electron chi connectivity index (χ3n) is 4.09. The number of nitrogens with one attached hydrogen (secondary N) is 1.